The molecule has 0 saturated carbocycles. The number of benzene rings is 3. The van der Waals surface area contributed by atoms with E-state index in [4.69, 9.17) is 0 Å². The Morgan fingerprint density at radius 1 is 0.971 bits per heavy atom. The number of oxime groups is 1. The zero-order valence-corrected chi connectivity index (χ0v) is 19.1. The first-order valence-electron chi connectivity index (χ1n) is 10.9. The van der Waals surface area contributed by atoms with Crippen LogP contribution in [0, 0.1) is 10.1 Å². The number of aromatic nitrogens is 1. The highest BCUT2D eigenvalue weighted by Crippen LogP contribution is 2.34. The van der Waals surface area contributed by atoms with Gasteiger partial charge in [0.2, 0.25) is 5.78 Å². The van der Waals surface area contributed by atoms with Crippen molar-refractivity contribution in [2.75, 3.05) is 0 Å². The van der Waals surface area contributed by atoms with Gasteiger partial charge in [0, 0.05) is 41.1 Å². The molecule has 0 spiro atoms. The molecule has 0 unspecified atom stereocenters. The fraction of sp³-hybridized carbons (Fsp3) is 0.192. The van der Waals surface area contributed by atoms with Crippen molar-refractivity contribution in [2.45, 2.75) is 33.6 Å². The molecule has 0 bridgehead atoms. The van der Waals surface area contributed by atoms with Gasteiger partial charge in [0.1, 0.15) is 5.71 Å². The lowest BCUT2D eigenvalue weighted by Gasteiger charge is -2.08. The summed E-state index contributed by atoms with van der Waals surface area (Å²) in [6.07, 6.45) is 1.93. The maximum Gasteiger partial charge on any atom is 0.331 e. The first kappa shape index (κ1) is 22.8. The number of ketones is 1. The van der Waals surface area contributed by atoms with Crippen LogP contribution in [0.2, 0.25) is 0 Å². The molecule has 1 aromatic heterocycles. The van der Waals surface area contributed by atoms with E-state index in [1.54, 1.807) is 18.2 Å². The van der Waals surface area contributed by atoms with E-state index in [0.29, 0.717) is 5.56 Å². The third-order valence-electron chi connectivity index (χ3n) is 5.59. The summed E-state index contributed by atoms with van der Waals surface area (Å²) in [6.45, 7) is 4.83. The summed E-state index contributed by atoms with van der Waals surface area (Å²) in [4.78, 5) is 39.2. The standard InChI is InChI=1S/C26H23N3O5/c1-4-5-18-6-12-24-22(14-18)23-15-19(26(31)16(2)27-34-17(3)30)7-13-25(23)28(24)20-8-10-21(11-9-20)29(32)33/h6-15H,4-5H2,1-3H3. The van der Waals surface area contributed by atoms with Gasteiger partial charge < -0.3 is 9.40 Å². The van der Waals surface area contributed by atoms with Crippen molar-refractivity contribution in [2.24, 2.45) is 5.16 Å². The van der Waals surface area contributed by atoms with Crippen LogP contribution in [0.15, 0.2) is 65.8 Å². The Morgan fingerprint density at radius 2 is 1.62 bits per heavy atom. The van der Waals surface area contributed by atoms with Gasteiger partial charge in [0.25, 0.3) is 5.69 Å². The molecule has 34 heavy (non-hydrogen) atoms. The molecule has 0 fully saturated rings. The average Bonchev–Trinajstić information content (AvgIpc) is 3.15. The Bertz CT molecular complexity index is 1470. The predicted octanol–water partition coefficient (Wildman–Crippen LogP) is 5.77. The average molecular weight is 457 g/mol. The molecule has 0 aliphatic rings. The van der Waals surface area contributed by atoms with Crippen molar-refractivity contribution >= 4 is 45.0 Å². The van der Waals surface area contributed by atoms with Crippen molar-refractivity contribution in [3.05, 3.63) is 81.9 Å². The number of nitro benzene ring substituents is 1. The number of carbonyl (C=O) groups excluding carboxylic acids is 2. The molecule has 0 amide bonds. The van der Waals surface area contributed by atoms with Gasteiger partial charge in [0.05, 0.1) is 16.0 Å². The molecule has 0 aliphatic heterocycles. The molecule has 0 saturated heterocycles. The van der Waals surface area contributed by atoms with E-state index in [0.717, 1.165) is 40.3 Å². The maximum atomic E-state index is 12.9. The Labute approximate surface area is 195 Å². The van der Waals surface area contributed by atoms with E-state index in [1.165, 1.54) is 31.5 Å². The lowest BCUT2D eigenvalue weighted by atomic mass is 10.0. The van der Waals surface area contributed by atoms with Crippen LogP contribution < -0.4 is 0 Å². The topological polar surface area (TPSA) is 104 Å². The fourth-order valence-electron chi connectivity index (χ4n) is 4.04. The summed E-state index contributed by atoms with van der Waals surface area (Å²) in [5.74, 6) is -0.943. The van der Waals surface area contributed by atoms with Gasteiger partial charge in [-0.25, -0.2) is 4.79 Å². The van der Waals surface area contributed by atoms with Gasteiger partial charge in [0.15, 0.2) is 0 Å². The molecule has 3 aromatic carbocycles. The fourth-order valence-corrected chi connectivity index (χ4v) is 4.04. The molecule has 4 rings (SSSR count). The largest absolute Gasteiger partial charge is 0.331 e. The van der Waals surface area contributed by atoms with Crippen LogP contribution in [0.4, 0.5) is 5.69 Å². The number of hydrogen-bond donors (Lipinski definition) is 0. The van der Waals surface area contributed by atoms with Crippen LogP contribution in [-0.2, 0) is 16.1 Å². The number of fused-ring (bicyclic) bond motifs is 3. The summed E-state index contributed by atoms with van der Waals surface area (Å²) in [6, 6.07) is 18.0. The van der Waals surface area contributed by atoms with Crippen LogP contribution in [0.25, 0.3) is 27.5 Å². The second-order valence-corrected chi connectivity index (χ2v) is 8.03. The minimum absolute atomic E-state index is 0.0187. The zero-order valence-electron chi connectivity index (χ0n) is 19.1. The van der Waals surface area contributed by atoms with Crippen LogP contribution in [0.5, 0.6) is 0 Å². The SMILES string of the molecule is CCCc1ccc2c(c1)c1cc(C(=O)C(C)=NOC(C)=O)ccc1n2-c1ccc([N+](=O)[O-])cc1. The monoisotopic (exact) mass is 457 g/mol. The number of nitrogens with zero attached hydrogens (tertiary/aromatic N) is 3. The van der Waals surface area contributed by atoms with Crippen molar-refractivity contribution in [1.29, 1.82) is 0 Å². The van der Waals surface area contributed by atoms with Gasteiger partial charge in [-0.3, -0.25) is 14.9 Å². The Hall–Kier alpha value is -4.33. The molecule has 0 N–H and O–H groups in total. The molecular weight excluding hydrogens is 434 g/mol. The first-order valence-corrected chi connectivity index (χ1v) is 10.9. The van der Waals surface area contributed by atoms with E-state index < -0.39 is 10.9 Å². The van der Waals surface area contributed by atoms with Gasteiger partial charge >= 0.3 is 5.97 Å². The van der Waals surface area contributed by atoms with Crippen molar-refractivity contribution in [3.63, 3.8) is 0 Å². The van der Waals surface area contributed by atoms with Gasteiger partial charge in [-0.05, 0) is 61.4 Å². The molecule has 1 heterocycles. The third-order valence-corrected chi connectivity index (χ3v) is 5.59. The van der Waals surface area contributed by atoms with Gasteiger partial charge in [-0.2, -0.15) is 0 Å². The van der Waals surface area contributed by atoms with E-state index in [9.17, 15) is 19.7 Å². The number of carbonyl (C=O) groups is 2. The van der Waals surface area contributed by atoms with E-state index in [1.807, 2.05) is 22.8 Å². The van der Waals surface area contributed by atoms with Crippen molar-refractivity contribution in [1.82, 2.24) is 4.57 Å². The summed E-state index contributed by atoms with van der Waals surface area (Å²) in [5, 5.41) is 16.6. The van der Waals surface area contributed by atoms with E-state index in [2.05, 4.69) is 29.0 Å². The summed E-state index contributed by atoms with van der Waals surface area (Å²) >= 11 is 0. The lowest BCUT2D eigenvalue weighted by molar-refractivity contribution is -0.384. The quantitative estimate of drug-likeness (QED) is 0.115. The van der Waals surface area contributed by atoms with Crippen molar-refractivity contribution < 1.29 is 19.3 Å². The Morgan fingerprint density at radius 3 is 2.24 bits per heavy atom. The molecule has 4 aromatic rings. The lowest BCUT2D eigenvalue weighted by Crippen LogP contribution is -2.11. The molecule has 172 valence electrons. The third kappa shape index (κ3) is 4.30. The Kier molecular flexibility index (Phi) is 6.23. The molecule has 0 atom stereocenters. The number of rotatable bonds is 7. The molecule has 8 heteroatoms. The Balaban J connectivity index is 1.92. The molecule has 8 nitrogen and oxygen atoms in total. The number of Topliss-reactive ketones (excluding diaryl/α,β-unsaturated/α-hetero) is 1. The minimum Gasteiger partial charge on any atom is -0.318 e. The van der Waals surface area contributed by atoms with Gasteiger partial charge in [-0.15, -0.1) is 0 Å². The van der Waals surface area contributed by atoms with Crippen molar-refractivity contribution in [3.8, 4) is 5.69 Å². The summed E-state index contributed by atoms with van der Waals surface area (Å²) < 4.78 is 2.03. The highest BCUT2D eigenvalue weighted by molar-refractivity contribution is 6.45. The number of hydrogen-bond acceptors (Lipinski definition) is 6. The highest BCUT2D eigenvalue weighted by atomic mass is 16.7. The molecule has 0 aliphatic carbocycles. The number of nitro groups is 1. The molecule has 0 radical (unpaired) electrons. The van der Waals surface area contributed by atoms with Crippen LogP contribution in [0.1, 0.15) is 43.1 Å². The number of non-ortho nitro benzene ring substituents is 1. The predicted molar refractivity (Wildman–Crippen MR) is 131 cm³/mol. The molecular formula is C26H23N3O5. The maximum absolute atomic E-state index is 12.9. The van der Waals surface area contributed by atoms with Crippen LogP contribution in [0.3, 0.4) is 0 Å². The van der Waals surface area contributed by atoms with E-state index >= 15 is 0 Å². The van der Waals surface area contributed by atoms with Gasteiger partial charge in [-0.1, -0.05) is 24.6 Å². The van der Waals surface area contributed by atoms with Crippen LogP contribution in [-0.4, -0.2) is 27.0 Å². The number of aryl methyl sites for hydroxylation is 1. The normalized spacial score (nSPS) is 11.7. The second kappa shape index (κ2) is 9.27. The first-order chi connectivity index (χ1) is 16.3. The second-order valence-electron chi connectivity index (χ2n) is 8.03. The summed E-state index contributed by atoms with van der Waals surface area (Å²) in [5.41, 5.74) is 4.26. The smallest absolute Gasteiger partial charge is 0.318 e. The highest BCUT2D eigenvalue weighted by Gasteiger charge is 2.18. The van der Waals surface area contributed by atoms with Crippen LogP contribution >= 0.6 is 0 Å². The van der Waals surface area contributed by atoms with E-state index in [-0.39, 0.29) is 17.2 Å². The summed E-state index contributed by atoms with van der Waals surface area (Å²) in [7, 11) is 0. The minimum atomic E-state index is -0.600. The zero-order chi connectivity index (χ0) is 24.4.